The first kappa shape index (κ1) is 28.6. The van der Waals surface area contributed by atoms with Gasteiger partial charge in [-0.2, -0.15) is 0 Å². The number of aliphatic hydroxyl groups is 1. The van der Waals surface area contributed by atoms with Gasteiger partial charge in [0, 0.05) is 37.5 Å². The van der Waals surface area contributed by atoms with E-state index >= 15 is 0 Å². The Hall–Kier alpha value is -1.44. The molecule has 6 unspecified atom stereocenters. The van der Waals surface area contributed by atoms with E-state index in [1.807, 2.05) is 18.7 Å². The highest BCUT2D eigenvalue weighted by molar-refractivity contribution is 5.99. The van der Waals surface area contributed by atoms with Gasteiger partial charge >= 0.3 is 0 Å². The third-order valence-electron chi connectivity index (χ3n) is 11.0. The summed E-state index contributed by atoms with van der Waals surface area (Å²) in [5.74, 6) is 0.885. The van der Waals surface area contributed by atoms with Crippen molar-refractivity contribution in [2.45, 2.75) is 104 Å². The van der Waals surface area contributed by atoms with E-state index in [1.54, 1.807) is 21.3 Å². The number of carbonyl (C=O) groups is 1. The van der Waals surface area contributed by atoms with Crippen molar-refractivity contribution in [1.29, 1.82) is 0 Å². The van der Waals surface area contributed by atoms with Gasteiger partial charge in [0.1, 0.15) is 7.11 Å². The van der Waals surface area contributed by atoms with Crippen LogP contribution in [0.3, 0.4) is 0 Å². The van der Waals surface area contributed by atoms with Crippen LogP contribution in [0.25, 0.3) is 0 Å². The molecule has 0 saturated heterocycles. The lowest BCUT2D eigenvalue weighted by atomic mass is 9.46. The van der Waals surface area contributed by atoms with E-state index in [0.717, 1.165) is 31.4 Å². The van der Waals surface area contributed by atoms with E-state index in [4.69, 9.17) is 14.3 Å². The molecule has 0 radical (unpaired) electrons. The van der Waals surface area contributed by atoms with E-state index in [1.165, 1.54) is 24.8 Å². The molecule has 0 aliphatic heterocycles. The van der Waals surface area contributed by atoms with E-state index in [2.05, 4.69) is 32.0 Å². The standard InChI is InChI=1S/C30H50N2O5/c1-19(2)27(33)32(18-26(35-6)36-7)20(3)21-13-16-30(34)24-17-25(31-37-8)23-11-9-10-14-28(23,4)22(24)12-15-29(21,30)5/h17,19-23,26,34H,9-16,18H2,1-8H3/b31-25+/t20?,21?,22?,23?,28?,29?,30-/m1/s1. The number of hydrogen-bond donors (Lipinski definition) is 1. The maximum Gasteiger partial charge on any atom is 0.225 e. The number of hydrogen-bond acceptors (Lipinski definition) is 6. The van der Waals surface area contributed by atoms with Gasteiger partial charge in [-0.05, 0) is 74.3 Å². The summed E-state index contributed by atoms with van der Waals surface area (Å²) in [6.45, 7) is 11.1. The van der Waals surface area contributed by atoms with Gasteiger partial charge in [0.05, 0.1) is 17.9 Å². The molecule has 1 amide bonds. The van der Waals surface area contributed by atoms with Gasteiger partial charge in [0.2, 0.25) is 5.91 Å². The Balaban J connectivity index is 1.71. The number of amides is 1. The third-order valence-corrected chi connectivity index (χ3v) is 11.0. The van der Waals surface area contributed by atoms with E-state index in [-0.39, 0.29) is 34.6 Å². The van der Waals surface area contributed by atoms with Crippen molar-refractivity contribution in [1.82, 2.24) is 4.90 Å². The number of fused-ring (bicyclic) bond motifs is 5. The summed E-state index contributed by atoms with van der Waals surface area (Å²) in [7, 11) is 4.85. The molecule has 0 heterocycles. The van der Waals surface area contributed by atoms with Crippen LogP contribution in [0.15, 0.2) is 16.8 Å². The minimum Gasteiger partial charge on any atom is -0.399 e. The van der Waals surface area contributed by atoms with Gasteiger partial charge in [-0.1, -0.05) is 45.7 Å². The van der Waals surface area contributed by atoms with Crippen LogP contribution in [0.5, 0.6) is 0 Å². The molecule has 7 heteroatoms. The smallest absolute Gasteiger partial charge is 0.225 e. The van der Waals surface area contributed by atoms with Gasteiger partial charge in [-0.3, -0.25) is 4.79 Å². The fraction of sp³-hybridized carbons (Fsp3) is 0.867. The average molecular weight is 519 g/mol. The van der Waals surface area contributed by atoms with Crippen molar-refractivity contribution < 1.29 is 24.2 Å². The van der Waals surface area contributed by atoms with Gasteiger partial charge in [0.25, 0.3) is 0 Å². The lowest BCUT2D eigenvalue weighted by molar-refractivity contribution is -0.158. The summed E-state index contributed by atoms with van der Waals surface area (Å²) in [6, 6.07) is -0.0485. The van der Waals surface area contributed by atoms with Gasteiger partial charge in [-0.15, -0.1) is 0 Å². The molecule has 37 heavy (non-hydrogen) atoms. The summed E-state index contributed by atoms with van der Waals surface area (Å²) in [6.07, 6.45) is 10.1. The second kappa shape index (κ2) is 10.6. The molecule has 0 aromatic rings. The van der Waals surface area contributed by atoms with Crippen LogP contribution >= 0.6 is 0 Å². The molecule has 4 aliphatic rings. The maximum absolute atomic E-state index is 13.4. The van der Waals surface area contributed by atoms with Gasteiger partial charge in [0.15, 0.2) is 6.29 Å². The van der Waals surface area contributed by atoms with E-state index in [0.29, 0.717) is 24.8 Å². The number of nitrogens with zero attached hydrogens (tertiary/aromatic N) is 2. The zero-order chi connectivity index (χ0) is 27.2. The first-order valence-corrected chi connectivity index (χ1v) is 14.4. The minimum absolute atomic E-state index is 0.0485. The number of carbonyl (C=O) groups excluding carboxylic acids is 1. The normalized spacial score (nSPS) is 39.2. The lowest BCUT2D eigenvalue weighted by Crippen LogP contribution is -2.60. The highest BCUT2D eigenvalue weighted by Gasteiger charge is 2.66. The summed E-state index contributed by atoms with van der Waals surface area (Å²) < 4.78 is 11.0. The van der Waals surface area contributed by atoms with Crippen LogP contribution < -0.4 is 0 Å². The Morgan fingerprint density at radius 2 is 1.76 bits per heavy atom. The predicted molar refractivity (Wildman–Crippen MR) is 145 cm³/mol. The molecular formula is C30H50N2O5. The molecular weight excluding hydrogens is 468 g/mol. The number of ether oxygens (including phenoxy) is 2. The van der Waals surface area contributed by atoms with Crippen molar-refractivity contribution in [2.75, 3.05) is 27.9 Å². The van der Waals surface area contributed by atoms with Crippen molar-refractivity contribution in [2.24, 2.45) is 39.7 Å². The average Bonchev–Trinajstić information content (AvgIpc) is 3.15. The third kappa shape index (κ3) is 4.47. The molecule has 1 N–H and O–H groups in total. The van der Waals surface area contributed by atoms with E-state index < -0.39 is 11.9 Å². The van der Waals surface area contributed by atoms with Crippen LogP contribution in [0, 0.1) is 34.5 Å². The van der Waals surface area contributed by atoms with Crippen molar-refractivity contribution in [3.63, 3.8) is 0 Å². The zero-order valence-electron chi connectivity index (χ0n) is 24.4. The molecule has 0 aromatic carbocycles. The summed E-state index contributed by atoms with van der Waals surface area (Å²) in [5.41, 5.74) is 1.02. The molecule has 0 aromatic heterocycles. The molecule has 7 nitrogen and oxygen atoms in total. The Labute approximate surface area is 224 Å². The second-order valence-electron chi connectivity index (χ2n) is 12.9. The van der Waals surface area contributed by atoms with Crippen molar-refractivity contribution in [3.05, 3.63) is 11.6 Å². The number of oxime groups is 1. The topological polar surface area (TPSA) is 80.6 Å². The number of allylic oxidation sites excluding steroid dienone is 1. The Kier molecular flexibility index (Phi) is 8.19. The van der Waals surface area contributed by atoms with Crippen LogP contribution in [0.4, 0.5) is 0 Å². The van der Waals surface area contributed by atoms with Gasteiger partial charge in [-0.25, -0.2) is 0 Å². The summed E-state index contributed by atoms with van der Waals surface area (Å²) >= 11 is 0. The summed E-state index contributed by atoms with van der Waals surface area (Å²) in [4.78, 5) is 20.7. The van der Waals surface area contributed by atoms with Crippen LogP contribution in [0.2, 0.25) is 0 Å². The summed E-state index contributed by atoms with van der Waals surface area (Å²) in [5, 5.41) is 17.2. The highest BCUT2D eigenvalue weighted by Crippen LogP contribution is 2.67. The predicted octanol–water partition coefficient (Wildman–Crippen LogP) is 5.17. The quantitative estimate of drug-likeness (QED) is 0.354. The Morgan fingerprint density at radius 3 is 2.38 bits per heavy atom. The first-order chi connectivity index (χ1) is 17.5. The zero-order valence-corrected chi connectivity index (χ0v) is 24.4. The largest absolute Gasteiger partial charge is 0.399 e. The molecule has 7 atom stereocenters. The monoisotopic (exact) mass is 518 g/mol. The maximum atomic E-state index is 13.4. The van der Waals surface area contributed by atoms with Crippen LogP contribution in [0.1, 0.15) is 86.0 Å². The molecule has 0 spiro atoms. The lowest BCUT2D eigenvalue weighted by Gasteiger charge is -2.60. The Bertz CT molecular complexity index is 914. The Morgan fingerprint density at radius 1 is 1.05 bits per heavy atom. The van der Waals surface area contributed by atoms with Gasteiger partial charge < -0.3 is 24.3 Å². The number of rotatable bonds is 8. The van der Waals surface area contributed by atoms with E-state index in [9.17, 15) is 9.90 Å². The van der Waals surface area contributed by atoms with Crippen LogP contribution in [-0.4, -0.2) is 67.4 Å². The molecule has 3 saturated carbocycles. The molecule has 4 aliphatic carbocycles. The fourth-order valence-corrected chi connectivity index (χ4v) is 8.84. The minimum atomic E-state index is -0.913. The molecule has 3 fully saturated rings. The second-order valence-corrected chi connectivity index (χ2v) is 12.9. The van der Waals surface area contributed by atoms with Crippen molar-refractivity contribution in [3.8, 4) is 0 Å². The highest BCUT2D eigenvalue weighted by atomic mass is 16.7. The number of methoxy groups -OCH3 is 2. The van der Waals surface area contributed by atoms with Crippen LogP contribution in [-0.2, 0) is 19.1 Å². The molecule has 210 valence electrons. The molecule has 4 rings (SSSR count). The fourth-order valence-electron chi connectivity index (χ4n) is 8.84. The first-order valence-electron chi connectivity index (χ1n) is 14.4. The van der Waals surface area contributed by atoms with Crippen molar-refractivity contribution >= 4 is 11.6 Å². The molecule has 0 bridgehead atoms. The SMILES string of the molecule is CO/N=C1\C=C2C(CCC3(C)C(C(C)N(CC(OC)OC)C(=O)C(C)C)CC[C@@]23O)C2(C)CCCCC12.